The predicted octanol–water partition coefficient (Wildman–Crippen LogP) is 1.94. The Labute approximate surface area is 89.9 Å². The molecule has 0 aliphatic rings. The van der Waals surface area contributed by atoms with Crippen LogP contribution >= 0.6 is 0 Å². The zero-order chi connectivity index (χ0) is 12.1. The van der Waals surface area contributed by atoms with E-state index in [4.69, 9.17) is 5.11 Å². The first-order chi connectivity index (χ1) is 7.56. The first-order valence-electron chi connectivity index (χ1n) is 4.47. The second kappa shape index (κ2) is 5.36. The molecular weight excluding hydrogens is 222 g/mol. The summed E-state index contributed by atoms with van der Waals surface area (Å²) in [6, 6.07) is 3.16. The Kier molecular flexibility index (Phi) is 4.12. The summed E-state index contributed by atoms with van der Waals surface area (Å²) >= 11 is 0. The van der Waals surface area contributed by atoms with Crippen LogP contribution < -0.4 is 5.32 Å². The van der Waals surface area contributed by atoms with Gasteiger partial charge in [-0.2, -0.15) is 0 Å². The van der Waals surface area contributed by atoms with E-state index in [0.717, 1.165) is 12.1 Å². The second-order valence-electron chi connectivity index (χ2n) is 2.98. The van der Waals surface area contributed by atoms with Crippen molar-refractivity contribution in [2.75, 3.05) is 18.5 Å². The van der Waals surface area contributed by atoms with Gasteiger partial charge in [-0.25, -0.2) is 8.78 Å². The van der Waals surface area contributed by atoms with E-state index in [1.165, 1.54) is 6.07 Å². The van der Waals surface area contributed by atoms with Crippen molar-refractivity contribution in [3.8, 4) is 0 Å². The zero-order valence-corrected chi connectivity index (χ0v) is 8.19. The Hall–Kier alpha value is -1.76. The van der Waals surface area contributed by atoms with Crippen LogP contribution in [-0.2, 0) is 0 Å². The maximum atomic E-state index is 12.6. The fourth-order valence-electron chi connectivity index (χ4n) is 1.20. The van der Waals surface area contributed by atoms with Gasteiger partial charge in [0, 0.05) is 29.9 Å². The van der Waals surface area contributed by atoms with Crippen molar-refractivity contribution in [3.05, 3.63) is 33.9 Å². The van der Waals surface area contributed by atoms with E-state index >= 15 is 0 Å². The molecule has 0 fully saturated rings. The molecule has 0 spiro atoms. The normalized spacial score (nSPS) is 10.5. The van der Waals surface area contributed by atoms with E-state index in [9.17, 15) is 18.9 Å². The molecule has 1 rings (SSSR count). The number of halogens is 2. The van der Waals surface area contributed by atoms with Crippen LogP contribution in [-0.4, -0.2) is 23.2 Å². The fraction of sp³-hybridized carbons (Fsp3) is 0.333. The molecule has 5 nitrogen and oxygen atoms in total. The van der Waals surface area contributed by atoms with Crippen LogP contribution in [0.25, 0.3) is 0 Å². The first kappa shape index (κ1) is 12.3. The number of nitrogens with one attached hydrogen (secondary N) is 1. The van der Waals surface area contributed by atoms with Crippen LogP contribution in [0.4, 0.5) is 20.2 Å². The third-order valence-corrected chi connectivity index (χ3v) is 1.91. The molecule has 0 aliphatic carbocycles. The van der Waals surface area contributed by atoms with Gasteiger partial charge in [0.05, 0.1) is 11.5 Å². The SMILES string of the molecule is O=[N+]([O-])c1ccc(NCCO)c(C(F)F)c1. The molecule has 0 saturated heterocycles. The highest BCUT2D eigenvalue weighted by atomic mass is 19.3. The lowest BCUT2D eigenvalue weighted by Gasteiger charge is -2.10. The molecule has 0 aromatic heterocycles. The zero-order valence-electron chi connectivity index (χ0n) is 8.19. The van der Waals surface area contributed by atoms with Crippen molar-refractivity contribution >= 4 is 11.4 Å². The van der Waals surface area contributed by atoms with Gasteiger partial charge in [0.15, 0.2) is 0 Å². The lowest BCUT2D eigenvalue weighted by Crippen LogP contribution is -2.08. The minimum Gasteiger partial charge on any atom is -0.395 e. The van der Waals surface area contributed by atoms with Crippen LogP contribution in [0.1, 0.15) is 12.0 Å². The second-order valence-corrected chi connectivity index (χ2v) is 2.98. The van der Waals surface area contributed by atoms with E-state index in [1.54, 1.807) is 0 Å². The van der Waals surface area contributed by atoms with Crippen LogP contribution in [0.2, 0.25) is 0 Å². The highest BCUT2D eigenvalue weighted by Gasteiger charge is 2.17. The molecule has 88 valence electrons. The van der Waals surface area contributed by atoms with Gasteiger partial charge in [0.2, 0.25) is 0 Å². The number of alkyl halides is 2. The Morgan fingerprint density at radius 3 is 2.69 bits per heavy atom. The van der Waals surface area contributed by atoms with Crippen molar-refractivity contribution in [1.29, 1.82) is 0 Å². The number of hydrogen-bond donors (Lipinski definition) is 2. The van der Waals surface area contributed by atoms with E-state index in [1.807, 2.05) is 0 Å². The highest BCUT2D eigenvalue weighted by Crippen LogP contribution is 2.30. The van der Waals surface area contributed by atoms with Crippen molar-refractivity contribution in [2.24, 2.45) is 0 Å². The minimum absolute atomic E-state index is 0.0923. The van der Waals surface area contributed by atoms with Crippen molar-refractivity contribution in [1.82, 2.24) is 0 Å². The maximum absolute atomic E-state index is 12.6. The maximum Gasteiger partial charge on any atom is 0.270 e. The fourth-order valence-corrected chi connectivity index (χ4v) is 1.20. The molecule has 0 heterocycles. The van der Waals surface area contributed by atoms with Gasteiger partial charge in [0.1, 0.15) is 0 Å². The molecule has 1 aromatic carbocycles. The Balaban J connectivity index is 3.04. The summed E-state index contributed by atoms with van der Waals surface area (Å²) in [5.74, 6) is 0. The van der Waals surface area contributed by atoms with Gasteiger partial charge in [-0.15, -0.1) is 0 Å². The highest BCUT2D eigenvalue weighted by molar-refractivity contribution is 5.56. The van der Waals surface area contributed by atoms with Gasteiger partial charge in [-0.1, -0.05) is 0 Å². The first-order valence-corrected chi connectivity index (χ1v) is 4.47. The van der Waals surface area contributed by atoms with Gasteiger partial charge in [0.25, 0.3) is 12.1 Å². The van der Waals surface area contributed by atoms with Gasteiger partial charge < -0.3 is 10.4 Å². The summed E-state index contributed by atoms with van der Waals surface area (Å²) in [5.41, 5.74) is -0.734. The average molecular weight is 232 g/mol. The van der Waals surface area contributed by atoms with E-state index in [-0.39, 0.29) is 24.5 Å². The standard InChI is InChI=1S/C9H10F2N2O3/c10-9(11)7-5-6(13(15)16)1-2-8(7)12-3-4-14/h1-2,5,9,12,14H,3-4H2. The van der Waals surface area contributed by atoms with E-state index < -0.39 is 16.9 Å². The number of hydrogen-bond acceptors (Lipinski definition) is 4. The monoisotopic (exact) mass is 232 g/mol. The van der Waals surface area contributed by atoms with Gasteiger partial charge >= 0.3 is 0 Å². The summed E-state index contributed by atoms with van der Waals surface area (Å²) < 4.78 is 25.1. The molecule has 1 aromatic rings. The van der Waals surface area contributed by atoms with Gasteiger partial charge in [-0.05, 0) is 6.07 Å². The molecule has 0 radical (unpaired) electrons. The van der Waals surface area contributed by atoms with Crippen LogP contribution in [0.3, 0.4) is 0 Å². The summed E-state index contributed by atoms with van der Waals surface area (Å²) in [5, 5.41) is 21.5. The lowest BCUT2D eigenvalue weighted by molar-refractivity contribution is -0.385. The van der Waals surface area contributed by atoms with Crippen LogP contribution in [0.15, 0.2) is 18.2 Å². The Morgan fingerprint density at radius 1 is 1.50 bits per heavy atom. The Bertz CT molecular complexity index is 385. The van der Waals surface area contributed by atoms with Crippen LogP contribution in [0.5, 0.6) is 0 Å². The van der Waals surface area contributed by atoms with E-state index in [0.29, 0.717) is 0 Å². The number of anilines is 1. The molecule has 16 heavy (non-hydrogen) atoms. The minimum atomic E-state index is -2.80. The molecule has 0 aliphatic heterocycles. The summed E-state index contributed by atoms with van der Waals surface area (Å²) in [4.78, 5) is 9.67. The molecule has 0 amide bonds. The predicted molar refractivity (Wildman–Crippen MR) is 53.6 cm³/mol. The molecule has 0 bridgehead atoms. The Morgan fingerprint density at radius 2 is 2.19 bits per heavy atom. The average Bonchev–Trinajstić information content (AvgIpc) is 2.25. The topological polar surface area (TPSA) is 75.4 Å². The number of nitro benzene ring substituents is 1. The van der Waals surface area contributed by atoms with Crippen molar-refractivity contribution < 1.29 is 18.8 Å². The molecular formula is C9H10F2N2O3. The molecule has 0 saturated carbocycles. The number of rotatable bonds is 5. The lowest BCUT2D eigenvalue weighted by atomic mass is 10.1. The molecule has 0 atom stereocenters. The largest absolute Gasteiger partial charge is 0.395 e. The van der Waals surface area contributed by atoms with Crippen molar-refractivity contribution in [3.63, 3.8) is 0 Å². The third kappa shape index (κ3) is 2.86. The number of benzene rings is 1. The smallest absolute Gasteiger partial charge is 0.270 e. The number of nitrogens with zero attached hydrogens (tertiary/aromatic N) is 1. The summed E-state index contributed by atoms with van der Waals surface area (Å²) in [6.45, 7) is -0.100. The number of non-ortho nitro benzene ring substituents is 1. The number of aliphatic hydroxyl groups excluding tert-OH is 1. The summed E-state index contributed by atoms with van der Waals surface area (Å²) in [7, 11) is 0. The van der Waals surface area contributed by atoms with Gasteiger partial charge in [-0.3, -0.25) is 10.1 Å². The number of aliphatic hydroxyl groups is 1. The van der Waals surface area contributed by atoms with E-state index in [2.05, 4.69) is 5.32 Å². The quantitative estimate of drug-likeness (QED) is 0.600. The molecule has 2 N–H and O–H groups in total. The van der Waals surface area contributed by atoms with Crippen LogP contribution in [0, 0.1) is 10.1 Å². The third-order valence-electron chi connectivity index (χ3n) is 1.91. The summed E-state index contributed by atoms with van der Waals surface area (Å²) in [6.07, 6.45) is -2.80. The number of nitro groups is 1. The van der Waals surface area contributed by atoms with Crippen molar-refractivity contribution in [2.45, 2.75) is 6.43 Å². The molecule has 7 heteroatoms. The molecule has 0 unspecified atom stereocenters.